The monoisotopic (exact) mass is 215 g/mol. The second-order valence-corrected chi connectivity index (χ2v) is 3.00. The first-order chi connectivity index (χ1) is 7.17. The second-order valence-electron chi connectivity index (χ2n) is 3.00. The predicted octanol–water partition coefficient (Wildman–Crippen LogP) is -1.15. The molecule has 0 aromatic carbocycles. The summed E-state index contributed by atoms with van der Waals surface area (Å²) in [7, 11) is 0. The van der Waals surface area contributed by atoms with E-state index in [0.29, 0.717) is 25.9 Å². The van der Waals surface area contributed by atoms with Crippen molar-refractivity contribution < 1.29 is 14.4 Å². The van der Waals surface area contributed by atoms with E-state index < -0.39 is 11.8 Å². The fourth-order valence-electron chi connectivity index (χ4n) is 0.908. The summed E-state index contributed by atoms with van der Waals surface area (Å²) in [4.78, 5) is 33.8. The first-order valence-electron chi connectivity index (χ1n) is 4.91. The van der Waals surface area contributed by atoms with Gasteiger partial charge in [0.05, 0.1) is 0 Å². The van der Waals surface area contributed by atoms with E-state index in [1.807, 2.05) is 6.92 Å². The summed E-state index contributed by atoms with van der Waals surface area (Å²) in [6.45, 7) is 2.84. The third-order valence-electron chi connectivity index (χ3n) is 1.72. The highest BCUT2D eigenvalue weighted by molar-refractivity contribution is 6.36. The molecule has 0 bridgehead atoms. The van der Waals surface area contributed by atoms with Crippen LogP contribution in [0.15, 0.2) is 0 Å². The van der Waals surface area contributed by atoms with E-state index in [0.717, 1.165) is 11.3 Å². The van der Waals surface area contributed by atoms with Gasteiger partial charge in [-0.2, -0.15) is 0 Å². The van der Waals surface area contributed by atoms with E-state index >= 15 is 0 Å². The van der Waals surface area contributed by atoms with Gasteiger partial charge in [0.2, 0.25) is 6.41 Å². The predicted molar refractivity (Wildman–Crippen MR) is 54.7 cm³/mol. The van der Waals surface area contributed by atoms with E-state index in [1.165, 1.54) is 0 Å². The molecule has 86 valence electrons. The summed E-state index contributed by atoms with van der Waals surface area (Å²) in [6, 6.07) is 0. The Morgan fingerprint density at radius 3 is 2.60 bits per heavy atom. The number of imide groups is 1. The normalized spacial score (nSPS) is 9.47. The lowest BCUT2D eigenvalue weighted by Crippen LogP contribution is -2.43. The molecule has 0 rings (SSSR count). The van der Waals surface area contributed by atoms with Crippen molar-refractivity contribution in [1.82, 2.24) is 10.2 Å². The Kier molecular flexibility index (Phi) is 7.17. The van der Waals surface area contributed by atoms with Crippen molar-refractivity contribution in [3.8, 4) is 0 Å². The smallest absolute Gasteiger partial charge is 0.318 e. The number of nitrogens with one attached hydrogen (secondary N) is 1. The molecule has 0 aliphatic carbocycles. The molecule has 0 unspecified atom stereocenters. The molecule has 0 aromatic rings. The fourth-order valence-corrected chi connectivity index (χ4v) is 0.908. The quantitative estimate of drug-likeness (QED) is 0.432. The molecule has 3 amide bonds. The maximum absolute atomic E-state index is 11.3. The van der Waals surface area contributed by atoms with Crippen LogP contribution in [-0.4, -0.2) is 42.8 Å². The summed E-state index contributed by atoms with van der Waals surface area (Å²) in [6.07, 6.45) is 1.58. The van der Waals surface area contributed by atoms with Crippen LogP contribution in [-0.2, 0) is 14.4 Å². The Hall–Kier alpha value is -1.43. The van der Waals surface area contributed by atoms with Crippen LogP contribution in [0, 0.1) is 0 Å². The van der Waals surface area contributed by atoms with E-state index in [-0.39, 0.29) is 6.54 Å². The van der Waals surface area contributed by atoms with Gasteiger partial charge in [0, 0.05) is 13.1 Å². The van der Waals surface area contributed by atoms with Gasteiger partial charge in [0.25, 0.3) is 0 Å². The topological polar surface area (TPSA) is 92.5 Å². The number of nitrogens with two attached hydrogens (primary N) is 1. The first kappa shape index (κ1) is 13.6. The highest BCUT2D eigenvalue weighted by atomic mass is 16.2. The lowest BCUT2D eigenvalue weighted by atomic mass is 10.3. The molecule has 3 N–H and O–H groups in total. The number of carbonyl (C=O) groups is 3. The van der Waals surface area contributed by atoms with Crippen LogP contribution in [0.5, 0.6) is 0 Å². The molecular weight excluding hydrogens is 198 g/mol. The van der Waals surface area contributed by atoms with Crippen LogP contribution in [0.1, 0.15) is 19.8 Å². The lowest BCUT2D eigenvalue weighted by molar-refractivity contribution is -0.148. The molecule has 0 radical (unpaired) electrons. The van der Waals surface area contributed by atoms with E-state index in [9.17, 15) is 14.4 Å². The summed E-state index contributed by atoms with van der Waals surface area (Å²) < 4.78 is 0. The molecule has 0 aliphatic heterocycles. The zero-order chi connectivity index (χ0) is 11.7. The van der Waals surface area contributed by atoms with Gasteiger partial charge in [-0.25, -0.2) is 0 Å². The summed E-state index contributed by atoms with van der Waals surface area (Å²) in [5.41, 5.74) is 5.23. The lowest BCUT2D eigenvalue weighted by Gasteiger charge is -2.13. The average Bonchev–Trinajstić information content (AvgIpc) is 2.26. The highest BCUT2D eigenvalue weighted by Gasteiger charge is 2.19. The summed E-state index contributed by atoms with van der Waals surface area (Å²) >= 11 is 0. The third kappa shape index (κ3) is 5.11. The van der Waals surface area contributed by atoms with Crippen molar-refractivity contribution in [2.45, 2.75) is 19.8 Å². The molecule has 15 heavy (non-hydrogen) atoms. The molecule has 0 fully saturated rings. The standard InChI is InChI=1S/C9H17N3O3/c1-2-5-11-8(14)9(15)12(7-13)6-3-4-10/h7H,2-6,10H2,1H3,(H,11,14). The Balaban J connectivity index is 4.12. The van der Waals surface area contributed by atoms with Gasteiger partial charge in [0.15, 0.2) is 0 Å². The van der Waals surface area contributed by atoms with Gasteiger partial charge in [-0.15, -0.1) is 0 Å². The number of nitrogens with zero attached hydrogens (tertiary/aromatic N) is 1. The van der Waals surface area contributed by atoms with Gasteiger partial charge in [0.1, 0.15) is 0 Å². The zero-order valence-electron chi connectivity index (χ0n) is 8.86. The number of carbonyl (C=O) groups excluding carboxylic acids is 3. The van der Waals surface area contributed by atoms with Crippen LogP contribution in [0.3, 0.4) is 0 Å². The minimum absolute atomic E-state index is 0.179. The summed E-state index contributed by atoms with van der Waals surface area (Å²) in [5.74, 6) is -1.58. The maximum Gasteiger partial charge on any atom is 0.318 e. The van der Waals surface area contributed by atoms with Crippen LogP contribution in [0.25, 0.3) is 0 Å². The van der Waals surface area contributed by atoms with E-state index in [4.69, 9.17) is 5.73 Å². The maximum atomic E-state index is 11.3. The fraction of sp³-hybridized carbons (Fsp3) is 0.667. The Bertz CT molecular complexity index is 231. The van der Waals surface area contributed by atoms with Crippen molar-refractivity contribution in [3.63, 3.8) is 0 Å². The first-order valence-corrected chi connectivity index (χ1v) is 4.91. The van der Waals surface area contributed by atoms with E-state index in [2.05, 4.69) is 5.32 Å². The molecule has 6 heteroatoms. The van der Waals surface area contributed by atoms with Crippen LogP contribution in [0.2, 0.25) is 0 Å². The van der Waals surface area contributed by atoms with Gasteiger partial charge >= 0.3 is 11.8 Å². The SMILES string of the molecule is CCCNC(=O)C(=O)N(C=O)CCCN. The molecule has 0 saturated heterocycles. The van der Waals surface area contributed by atoms with Crippen molar-refractivity contribution in [2.75, 3.05) is 19.6 Å². The molecule has 0 aliphatic rings. The second kappa shape index (κ2) is 7.93. The molecule has 0 aromatic heterocycles. The van der Waals surface area contributed by atoms with Crippen molar-refractivity contribution in [3.05, 3.63) is 0 Å². The third-order valence-corrected chi connectivity index (χ3v) is 1.72. The van der Waals surface area contributed by atoms with Crippen molar-refractivity contribution in [1.29, 1.82) is 0 Å². The van der Waals surface area contributed by atoms with Gasteiger partial charge in [-0.1, -0.05) is 6.92 Å². The van der Waals surface area contributed by atoms with Crippen molar-refractivity contribution >= 4 is 18.2 Å². The molecule has 0 atom stereocenters. The minimum Gasteiger partial charge on any atom is -0.348 e. The zero-order valence-corrected chi connectivity index (χ0v) is 8.86. The molecule has 0 saturated carbocycles. The number of hydrogen-bond acceptors (Lipinski definition) is 4. The molecule has 0 spiro atoms. The van der Waals surface area contributed by atoms with E-state index in [1.54, 1.807) is 0 Å². The van der Waals surface area contributed by atoms with Gasteiger partial charge in [-0.05, 0) is 19.4 Å². The van der Waals surface area contributed by atoms with Crippen LogP contribution >= 0.6 is 0 Å². The Labute approximate surface area is 88.8 Å². The Morgan fingerprint density at radius 2 is 2.13 bits per heavy atom. The summed E-state index contributed by atoms with van der Waals surface area (Å²) in [5, 5.41) is 2.40. The number of rotatable bonds is 6. The van der Waals surface area contributed by atoms with Gasteiger partial charge < -0.3 is 11.1 Å². The average molecular weight is 215 g/mol. The van der Waals surface area contributed by atoms with Crippen LogP contribution < -0.4 is 11.1 Å². The highest BCUT2D eigenvalue weighted by Crippen LogP contribution is 1.89. The minimum atomic E-state index is -0.827. The largest absolute Gasteiger partial charge is 0.348 e. The number of hydrogen-bond donors (Lipinski definition) is 2. The van der Waals surface area contributed by atoms with Crippen molar-refractivity contribution in [2.24, 2.45) is 5.73 Å². The van der Waals surface area contributed by atoms with Crippen LogP contribution in [0.4, 0.5) is 0 Å². The van der Waals surface area contributed by atoms with Gasteiger partial charge in [-0.3, -0.25) is 19.3 Å². The molecular formula is C9H17N3O3. The number of amides is 3. The molecule has 0 heterocycles. The molecule has 6 nitrogen and oxygen atoms in total. The Morgan fingerprint density at radius 1 is 1.47 bits per heavy atom.